The molecule has 174 valence electrons. The van der Waals surface area contributed by atoms with E-state index in [9.17, 15) is 9.59 Å². The van der Waals surface area contributed by atoms with Crippen molar-refractivity contribution in [1.82, 2.24) is 14.9 Å². The van der Waals surface area contributed by atoms with Crippen LogP contribution < -0.4 is 16.0 Å². The first-order valence-electron chi connectivity index (χ1n) is 11.2. The van der Waals surface area contributed by atoms with E-state index < -0.39 is 0 Å². The van der Waals surface area contributed by atoms with Gasteiger partial charge in [0.25, 0.3) is 5.91 Å². The molecule has 9 heteroatoms. The zero-order chi connectivity index (χ0) is 23.9. The van der Waals surface area contributed by atoms with Gasteiger partial charge in [-0.2, -0.15) is 0 Å². The molecule has 2 aromatic carbocycles. The number of carbonyl (C=O) groups excluding carboxylic acids is 2. The van der Waals surface area contributed by atoms with Crippen molar-refractivity contribution >= 4 is 41.0 Å². The molecule has 34 heavy (non-hydrogen) atoms. The van der Waals surface area contributed by atoms with Crippen molar-refractivity contribution in [3.63, 3.8) is 0 Å². The summed E-state index contributed by atoms with van der Waals surface area (Å²) in [4.78, 5) is 33.9. The van der Waals surface area contributed by atoms with Gasteiger partial charge < -0.3 is 20.9 Å². The molecule has 4 rings (SSSR count). The molecule has 0 atom stereocenters. The molecule has 2 heterocycles. The molecule has 0 spiro atoms. The summed E-state index contributed by atoms with van der Waals surface area (Å²) in [6.45, 7) is 1.59. The summed E-state index contributed by atoms with van der Waals surface area (Å²) in [6, 6.07) is 14.3. The van der Waals surface area contributed by atoms with Gasteiger partial charge in [0.1, 0.15) is 18.0 Å². The Kier molecular flexibility index (Phi) is 7.12. The molecule has 1 fully saturated rings. The molecule has 0 saturated carbocycles. The lowest BCUT2D eigenvalue weighted by Gasteiger charge is -2.26. The van der Waals surface area contributed by atoms with Crippen LogP contribution in [0.1, 0.15) is 40.7 Å². The third kappa shape index (κ3) is 5.03. The number of rotatable bonds is 8. The second kappa shape index (κ2) is 10.6. The number of nitrogens with one attached hydrogen (secondary N) is 4. The van der Waals surface area contributed by atoms with Crippen LogP contribution in [0.15, 0.2) is 54.9 Å². The molecule has 1 aromatic heterocycles. The number of piperidine rings is 1. The summed E-state index contributed by atoms with van der Waals surface area (Å²) >= 11 is 0. The second-order valence-electron chi connectivity index (χ2n) is 7.97. The van der Waals surface area contributed by atoms with Crippen LogP contribution >= 0.6 is 0 Å². The zero-order valence-corrected chi connectivity index (χ0v) is 19.0. The van der Waals surface area contributed by atoms with Gasteiger partial charge in [-0.15, -0.1) is 0 Å². The number of anilines is 4. The van der Waals surface area contributed by atoms with Crippen LogP contribution in [0.5, 0.6) is 0 Å². The number of hydrogen-bond acceptors (Lipinski definition) is 7. The summed E-state index contributed by atoms with van der Waals surface area (Å²) in [5.74, 6) is 1.01. The van der Waals surface area contributed by atoms with Gasteiger partial charge in [-0.25, -0.2) is 9.97 Å². The fourth-order valence-electron chi connectivity index (χ4n) is 3.96. The number of carbonyl (C=O) groups is 2. The first-order chi connectivity index (χ1) is 16.6. The van der Waals surface area contributed by atoms with Crippen LogP contribution in [0.2, 0.25) is 0 Å². The van der Waals surface area contributed by atoms with Crippen molar-refractivity contribution in [3.8, 4) is 0 Å². The van der Waals surface area contributed by atoms with Crippen molar-refractivity contribution < 1.29 is 9.59 Å². The van der Waals surface area contributed by atoms with Crippen LogP contribution in [0.25, 0.3) is 0 Å². The molecule has 0 bridgehead atoms. The van der Waals surface area contributed by atoms with E-state index >= 15 is 0 Å². The number of nitrogens with zero attached hydrogens (tertiary/aromatic N) is 3. The van der Waals surface area contributed by atoms with Crippen molar-refractivity contribution in [3.05, 3.63) is 71.5 Å². The van der Waals surface area contributed by atoms with E-state index in [4.69, 9.17) is 5.41 Å². The van der Waals surface area contributed by atoms with Crippen LogP contribution in [-0.4, -0.2) is 53.0 Å². The van der Waals surface area contributed by atoms with E-state index in [2.05, 4.69) is 25.9 Å². The van der Waals surface area contributed by atoms with Crippen molar-refractivity contribution in [2.75, 3.05) is 36.1 Å². The second-order valence-corrected chi connectivity index (χ2v) is 7.97. The minimum Gasteiger partial charge on any atom is -0.372 e. The first kappa shape index (κ1) is 22.9. The van der Waals surface area contributed by atoms with Crippen LogP contribution in [0.3, 0.4) is 0 Å². The highest BCUT2D eigenvalue weighted by atomic mass is 16.2. The lowest BCUT2D eigenvalue weighted by Crippen LogP contribution is -2.35. The Morgan fingerprint density at radius 2 is 1.53 bits per heavy atom. The van der Waals surface area contributed by atoms with E-state index in [1.807, 2.05) is 4.90 Å². The molecular formula is C25H27N7O2. The van der Waals surface area contributed by atoms with Gasteiger partial charge in [0, 0.05) is 42.6 Å². The largest absolute Gasteiger partial charge is 0.372 e. The quantitative estimate of drug-likeness (QED) is 0.301. The summed E-state index contributed by atoms with van der Waals surface area (Å²) in [5, 5.41) is 17.7. The van der Waals surface area contributed by atoms with Crippen molar-refractivity contribution in [2.45, 2.75) is 19.3 Å². The molecule has 2 amide bonds. The molecule has 4 N–H and O–H groups in total. The van der Waals surface area contributed by atoms with E-state index in [-0.39, 0.29) is 11.6 Å². The summed E-state index contributed by atoms with van der Waals surface area (Å²) in [6.07, 6.45) is 5.30. The fraction of sp³-hybridized carbons (Fsp3) is 0.240. The van der Waals surface area contributed by atoms with Gasteiger partial charge in [-0.1, -0.05) is 12.1 Å². The molecule has 1 aliphatic rings. The molecule has 0 unspecified atom stereocenters. The molecule has 0 aliphatic carbocycles. The maximum absolute atomic E-state index is 12.8. The van der Waals surface area contributed by atoms with Crippen molar-refractivity contribution in [1.29, 1.82) is 5.41 Å². The predicted octanol–water partition coefficient (Wildman–Crippen LogP) is 3.87. The number of aromatic nitrogens is 2. The van der Waals surface area contributed by atoms with Gasteiger partial charge in [0.2, 0.25) is 6.41 Å². The Hall–Kier alpha value is -4.27. The van der Waals surface area contributed by atoms with Crippen LogP contribution in [0.4, 0.5) is 23.0 Å². The number of likely N-dealkylation sites (tertiary alicyclic amines) is 1. The highest BCUT2D eigenvalue weighted by Crippen LogP contribution is 2.27. The Bertz CT molecular complexity index is 1170. The summed E-state index contributed by atoms with van der Waals surface area (Å²) < 4.78 is 0. The standard InChI is InChI=1S/C25H27N7O2/c1-27-23-21(24(29-15-28-23)31-20-11-9-19(10-12-20)30-16-33)22(26)17-5-7-18(8-6-17)25(34)32-13-3-2-4-14-32/h5-12,15-16,26H,2-4,13-14H2,1H3,(H,30,33)(H2,27,28,29,31). The zero-order valence-electron chi connectivity index (χ0n) is 19.0. The normalized spacial score (nSPS) is 13.1. The average molecular weight is 458 g/mol. The van der Waals surface area contributed by atoms with E-state index in [1.165, 1.54) is 12.7 Å². The number of benzene rings is 2. The molecule has 1 aliphatic heterocycles. The molecule has 1 saturated heterocycles. The van der Waals surface area contributed by atoms with Crippen molar-refractivity contribution in [2.24, 2.45) is 0 Å². The minimum absolute atomic E-state index is 0.0339. The van der Waals surface area contributed by atoms with Crippen LogP contribution in [-0.2, 0) is 4.79 Å². The Labute approximate surface area is 198 Å². The van der Waals surface area contributed by atoms with E-state index in [1.54, 1.807) is 55.6 Å². The Morgan fingerprint density at radius 3 is 2.18 bits per heavy atom. The first-order valence-corrected chi connectivity index (χ1v) is 11.2. The average Bonchev–Trinajstić information content (AvgIpc) is 2.89. The summed E-state index contributed by atoms with van der Waals surface area (Å²) in [5.41, 5.74) is 3.42. The van der Waals surface area contributed by atoms with E-state index in [0.717, 1.165) is 31.6 Å². The smallest absolute Gasteiger partial charge is 0.253 e. The molecule has 0 radical (unpaired) electrons. The van der Waals surface area contributed by atoms with Crippen LogP contribution in [0, 0.1) is 5.41 Å². The minimum atomic E-state index is 0.0339. The van der Waals surface area contributed by atoms with Gasteiger partial charge in [-0.3, -0.25) is 15.0 Å². The van der Waals surface area contributed by atoms with Gasteiger partial charge in [0.15, 0.2) is 0 Å². The van der Waals surface area contributed by atoms with Gasteiger partial charge in [-0.05, 0) is 55.7 Å². The maximum Gasteiger partial charge on any atom is 0.253 e. The highest BCUT2D eigenvalue weighted by molar-refractivity contribution is 6.17. The Morgan fingerprint density at radius 1 is 0.912 bits per heavy atom. The lowest BCUT2D eigenvalue weighted by atomic mass is 10.0. The summed E-state index contributed by atoms with van der Waals surface area (Å²) in [7, 11) is 1.74. The third-order valence-electron chi connectivity index (χ3n) is 5.77. The third-order valence-corrected chi connectivity index (χ3v) is 5.77. The van der Waals surface area contributed by atoms with Gasteiger partial charge >= 0.3 is 0 Å². The molecule has 3 aromatic rings. The topological polar surface area (TPSA) is 123 Å². The van der Waals surface area contributed by atoms with E-state index in [0.29, 0.717) is 40.4 Å². The number of hydrogen-bond donors (Lipinski definition) is 4. The molecular weight excluding hydrogens is 430 g/mol. The highest BCUT2D eigenvalue weighted by Gasteiger charge is 2.20. The maximum atomic E-state index is 12.8. The Balaban J connectivity index is 1.58. The SMILES string of the molecule is CNc1ncnc(Nc2ccc(NC=O)cc2)c1C(=N)c1ccc(C(=O)N2CCCCC2)cc1. The monoisotopic (exact) mass is 457 g/mol. The fourth-order valence-corrected chi connectivity index (χ4v) is 3.96. The number of amides is 2. The lowest BCUT2D eigenvalue weighted by molar-refractivity contribution is -0.105. The van der Waals surface area contributed by atoms with Gasteiger partial charge in [0.05, 0.1) is 11.3 Å². The predicted molar refractivity (Wildman–Crippen MR) is 133 cm³/mol. The molecule has 9 nitrogen and oxygen atoms in total.